The second-order valence-electron chi connectivity index (χ2n) is 11.0. The smallest absolute Gasteiger partial charge is 0.337 e. The minimum absolute atomic E-state index is 0.0404. The summed E-state index contributed by atoms with van der Waals surface area (Å²) in [5.74, 6) is 0.550. The largest absolute Gasteiger partial charge is 0.465 e. The predicted molar refractivity (Wildman–Crippen MR) is 169 cm³/mol. The monoisotopic (exact) mass is 620 g/mol. The lowest BCUT2D eigenvalue weighted by atomic mass is 10.0. The van der Waals surface area contributed by atoms with E-state index in [1.165, 1.54) is 7.11 Å². The topological polar surface area (TPSA) is 136 Å². The number of hydrogen-bond donors (Lipinski definition) is 2. The highest BCUT2D eigenvalue weighted by Gasteiger charge is 2.30. The van der Waals surface area contributed by atoms with Gasteiger partial charge >= 0.3 is 5.97 Å². The maximum atomic E-state index is 13.7. The Balaban J connectivity index is 1.71. The zero-order valence-corrected chi connectivity index (χ0v) is 26.4. The number of methoxy groups -OCH3 is 1. The minimum atomic E-state index is -0.699. The molecule has 0 radical (unpaired) electrons. The number of nitrogens with one attached hydrogen (secondary N) is 2. The number of amides is 3. The molecule has 2 N–H and O–H groups in total. The first kappa shape index (κ1) is 32.7. The van der Waals surface area contributed by atoms with Crippen LogP contribution in [0.4, 0.5) is 0 Å². The highest BCUT2D eigenvalue weighted by Crippen LogP contribution is 2.25. The summed E-state index contributed by atoms with van der Waals surface area (Å²) in [5, 5.41) is 10.9. The molecule has 2 atom stereocenters. The summed E-state index contributed by atoms with van der Waals surface area (Å²) in [6, 6.07) is 14.7. The SMILES string of the molecule is COC(=O)c1ccc(C(=O)N2CCCC(=O)N[C@@H](CCSC)C(=O)N[C@H](C(C)C)c3nc(-c4ccccc4)nn3CC2)cc1. The van der Waals surface area contributed by atoms with Crippen molar-refractivity contribution in [2.75, 3.05) is 32.2 Å². The summed E-state index contributed by atoms with van der Waals surface area (Å²) in [6.07, 6.45) is 3.01. The first-order chi connectivity index (χ1) is 21.2. The normalized spacial score (nSPS) is 18.2. The van der Waals surface area contributed by atoms with Gasteiger partial charge in [-0.05, 0) is 55.0 Å². The summed E-state index contributed by atoms with van der Waals surface area (Å²) in [7, 11) is 1.31. The van der Waals surface area contributed by atoms with Crippen molar-refractivity contribution in [3.8, 4) is 11.4 Å². The maximum absolute atomic E-state index is 13.7. The number of carbonyl (C=O) groups excluding carboxylic acids is 4. The van der Waals surface area contributed by atoms with Crippen molar-refractivity contribution in [2.24, 2.45) is 5.92 Å². The van der Waals surface area contributed by atoms with Gasteiger partial charge in [-0.1, -0.05) is 44.2 Å². The van der Waals surface area contributed by atoms with Crippen LogP contribution in [0.2, 0.25) is 0 Å². The molecule has 0 aliphatic carbocycles. The Bertz CT molecular complexity index is 1440. The molecule has 0 unspecified atom stereocenters. The van der Waals surface area contributed by atoms with Gasteiger partial charge in [0.2, 0.25) is 11.8 Å². The molecule has 1 aliphatic heterocycles. The zero-order chi connectivity index (χ0) is 31.6. The molecule has 1 aliphatic rings. The van der Waals surface area contributed by atoms with Crippen molar-refractivity contribution in [2.45, 2.75) is 51.7 Å². The minimum Gasteiger partial charge on any atom is -0.465 e. The van der Waals surface area contributed by atoms with Crippen molar-refractivity contribution >= 4 is 35.5 Å². The summed E-state index contributed by atoms with van der Waals surface area (Å²) in [4.78, 5) is 58.7. The average Bonchev–Trinajstić information content (AvgIpc) is 3.46. The van der Waals surface area contributed by atoms with Gasteiger partial charge in [0.05, 0.1) is 25.3 Å². The molecule has 2 aromatic carbocycles. The van der Waals surface area contributed by atoms with Gasteiger partial charge in [-0.25, -0.2) is 14.5 Å². The number of fused-ring (bicyclic) bond motifs is 1. The Hall–Kier alpha value is -4.19. The van der Waals surface area contributed by atoms with E-state index in [1.807, 2.05) is 50.4 Å². The van der Waals surface area contributed by atoms with Crippen LogP contribution in [-0.2, 0) is 20.9 Å². The molecule has 0 bridgehead atoms. The maximum Gasteiger partial charge on any atom is 0.337 e. The van der Waals surface area contributed by atoms with E-state index in [-0.39, 0.29) is 30.1 Å². The lowest BCUT2D eigenvalue weighted by molar-refractivity contribution is -0.129. The highest BCUT2D eigenvalue weighted by molar-refractivity contribution is 7.98. The van der Waals surface area contributed by atoms with Crippen molar-refractivity contribution in [1.82, 2.24) is 30.3 Å². The van der Waals surface area contributed by atoms with E-state index in [4.69, 9.17) is 14.8 Å². The van der Waals surface area contributed by atoms with Crippen LogP contribution in [0, 0.1) is 5.92 Å². The van der Waals surface area contributed by atoms with Gasteiger partial charge in [-0.3, -0.25) is 14.4 Å². The fraction of sp³-hybridized carbons (Fsp3) is 0.438. The molecular formula is C32H40N6O5S. The molecule has 3 aromatic rings. The molecule has 12 heteroatoms. The number of ether oxygens (including phenoxy) is 1. The fourth-order valence-corrected chi connectivity index (χ4v) is 5.49. The fourth-order valence-electron chi connectivity index (χ4n) is 5.02. The number of aromatic nitrogens is 3. The van der Waals surface area contributed by atoms with Crippen LogP contribution in [0.3, 0.4) is 0 Å². The standard InChI is InChI=1S/C32H40N6O5S/c1-21(2)27-29-35-28(22-9-6-5-7-10-22)36-38(29)19-18-37(31(41)23-12-14-24(15-13-23)32(42)43-3)17-8-11-26(39)33-25(16-20-44-4)30(40)34-27/h5-7,9-10,12-15,21,25,27H,8,11,16-20H2,1-4H3,(H,33,39)(H,34,40)/t25-,27+/m0/s1. The first-order valence-corrected chi connectivity index (χ1v) is 16.2. The third-order valence-corrected chi connectivity index (χ3v) is 8.13. The molecule has 3 amide bonds. The van der Waals surface area contributed by atoms with Gasteiger partial charge in [-0.2, -0.15) is 16.9 Å². The predicted octanol–water partition coefficient (Wildman–Crippen LogP) is 3.72. The lowest BCUT2D eigenvalue weighted by Gasteiger charge is -2.28. The molecule has 0 spiro atoms. The summed E-state index contributed by atoms with van der Waals surface area (Å²) in [5.41, 5.74) is 1.60. The number of benzene rings is 2. The Morgan fingerprint density at radius 2 is 1.70 bits per heavy atom. The Kier molecular flexibility index (Phi) is 11.5. The van der Waals surface area contributed by atoms with E-state index in [1.54, 1.807) is 45.6 Å². The molecule has 1 aromatic heterocycles. The van der Waals surface area contributed by atoms with Gasteiger partial charge in [0.15, 0.2) is 11.6 Å². The van der Waals surface area contributed by atoms with E-state index >= 15 is 0 Å². The molecule has 4 rings (SSSR count). The average molecular weight is 621 g/mol. The van der Waals surface area contributed by atoms with Gasteiger partial charge in [0, 0.05) is 30.6 Å². The summed E-state index contributed by atoms with van der Waals surface area (Å²) in [6.45, 7) is 4.92. The van der Waals surface area contributed by atoms with E-state index in [2.05, 4.69) is 10.6 Å². The third-order valence-electron chi connectivity index (χ3n) is 7.49. The van der Waals surface area contributed by atoms with Crippen LogP contribution in [0.1, 0.15) is 65.7 Å². The van der Waals surface area contributed by atoms with E-state index in [0.717, 1.165) is 5.56 Å². The van der Waals surface area contributed by atoms with Crippen molar-refractivity contribution < 1.29 is 23.9 Å². The number of thioether (sulfide) groups is 1. The van der Waals surface area contributed by atoms with Crippen molar-refractivity contribution in [3.05, 3.63) is 71.5 Å². The first-order valence-electron chi connectivity index (χ1n) is 14.8. The van der Waals surface area contributed by atoms with E-state index in [0.29, 0.717) is 61.0 Å². The van der Waals surface area contributed by atoms with E-state index < -0.39 is 18.1 Å². The summed E-state index contributed by atoms with van der Waals surface area (Å²) < 4.78 is 6.55. The number of nitrogens with zero attached hydrogens (tertiary/aromatic N) is 4. The molecule has 44 heavy (non-hydrogen) atoms. The quantitative estimate of drug-likeness (QED) is 0.382. The molecule has 2 heterocycles. The van der Waals surface area contributed by atoms with Crippen LogP contribution in [0.15, 0.2) is 54.6 Å². The molecule has 0 fully saturated rings. The number of esters is 1. The van der Waals surface area contributed by atoms with Crippen LogP contribution >= 0.6 is 11.8 Å². The number of hydrogen-bond acceptors (Lipinski definition) is 8. The molecule has 11 nitrogen and oxygen atoms in total. The molecule has 0 saturated heterocycles. The Morgan fingerprint density at radius 3 is 2.36 bits per heavy atom. The van der Waals surface area contributed by atoms with Crippen LogP contribution in [0.5, 0.6) is 0 Å². The third kappa shape index (κ3) is 8.25. The molecule has 234 valence electrons. The zero-order valence-electron chi connectivity index (χ0n) is 25.6. The van der Waals surface area contributed by atoms with Crippen LogP contribution in [0.25, 0.3) is 11.4 Å². The lowest BCUT2D eigenvalue weighted by Crippen LogP contribution is -2.49. The number of carbonyl (C=O) groups is 4. The summed E-state index contributed by atoms with van der Waals surface area (Å²) >= 11 is 1.61. The molecular weight excluding hydrogens is 580 g/mol. The second-order valence-corrected chi connectivity index (χ2v) is 12.0. The van der Waals surface area contributed by atoms with Gasteiger partial charge in [0.1, 0.15) is 6.04 Å². The van der Waals surface area contributed by atoms with Crippen LogP contribution in [-0.4, -0.2) is 81.6 Å². The number of rotatable bonds is 7. The van der Waals surface area contributed by atoms with Crippen molar-refractivity contribution in [3.63, 3.8) is 0 Å². The molecule has 0 saturated carbocycles. The Labute approximate surface area is 262 Å². The highest BCUT2D eigenvalue weighted by atomic mass is 32.2. The Morgan fingerprint density at radius 1 is 1.00 bits per heavy atom. The second kappa shape index (κ2) is 15.5. The van der Waals surface area contributed by atoms with Gasteiger partial charge < -0.3 is 20.3 Å². The van der Waals surface area contributed by atoms with Gasteiger partial charge in [0.25, 0.3) is 5.91 Å². The van der Waals surface area contributed by atoms with Gasteiger partial charge in [-0.15, -0.1) is 0 Å². The van der Waals surface area contributed by atoms with Crippen LogP contribution < -0.4 is 10.6 Å². The van der Waals surface area contributed by atoms with E-state index in [9.17, 15) is 19.2 Å². The van der Waals surface area contributed by atoms with Crippen molar-refractivity contribution in [1.29, 1.82) is 0 Å².